The van der Waals surface area contributed by atoms with Crippen LogP contribution in [-0.2, 0) is 39.9 Å². The van der Waals surface area contributed by atoms with Crippen LogP contribution in [0.4, 0.5) is 17.1 Å². The molecule has 13 rings (SSSR count). The van der Waals surface area contributed by atoms with E-state index >= 15 is 0 Å². The molecule has 406 valence electrons. The largest absolute Gasteiger partial charge is 0.311 e. The van der Waals surface area contributed by atoms with Crippen molar-refractivity contribution in [1.82, 2.24) is 0 Å². The zero-order valence-corrected chi connectivity index (χ0v) is 50.2. The molecule has 0 aromatic heterocycles. The second-order valence-electron chi connectivity index (χ2n) is 27.6. The Balaban J connectivity index is 0.865. The highest BCUT2D eigenvalue weighted by molar-refractivity contribution is 6.07. The van der Waals surface area contributed by atoms with E-state index in [1.54, 1.807) is 22.3 Å². The van der Waals surface area contributed by atoms with Gasteiger partial charge in [-0.05, 0) is 210 Å². The Morgan fingerprint density at radius 2 is 0.753 bits per heavy atom. The molecular weight excluding hydrogens is 975 g/mol. The second kappa shape index (κ2) is 19.3. The molecule has 1 heteroatoms. The van der Waals surface area contributed by atoms with Crippen molar-refractivity contribution < 1.29 is 0 Å². The number of fused-ring (bicyclic) bond motifs is 3. The fourth-order valence-electron chi connectivity index (χ4n) is 15.6. The summed E-state index contributed by atoms with van der Waals surface area (Å²) in [5, 5.41) is 5.51. The van der Waals surface area contributed by atoms with Gasteiger partial charge in [-0.1, -0.05) is 233 Å². The molecule has 1 spiro atoms. The van der Waals surface area contributed by atoms with Crippen LogP contribution in [0.5, 0.6) is 0 Å². The minimum absolute atomic E-state index is 0.0555. The average Bonchev–Trinajstić information content (AvgIpc) is 3.54. The summed E-state index contributed by atoms with van der Waals surface area (Å²) in [5.74, 6) is 0.110. The molecule has 2 unspecified atom stereocenters. The average molecular weight is 1060 g/mol. The lowest BCUT2D eigenvalue weighted by atomic mass is 9.59. The Hall–Kier alpha value is -7.48. The van der Waals surface area contributed by atoms with Gasteiger partial charge in [0, 0.05) is 39.2 Å². The fraction of sp³-hybridized carbons (Fsp3) is 0.300. The third-order valence-corrected chi connectivity index (χ3v) is 20.0. The Morgan fingerprint density at radius 1 is 0.383 bits per heavy atom. The summed E-state index contributed by atoms with van der Waals surface area (Å²) in [7, 11) is 0. The number of hydrogen-bond acceptors (Lipinski definition) is 1. The highest BCUT2D eigenvalue weighted by atomic mass is 15.1. The first kappa shape index (κ1) is 52.9. The van der Waals surface area contributed by atoms with Gasteiger partial charge in [0.05, 0.1) is 0 Å². The minimum atomic E-state index is -0.217. The maximum atomic E-state index is 2.55. The molecule has 0 saturated heterocycles. The van der Waals surface area contributed by atoms with Crippen LogP contribution in [0.3, 0.4) is 0 Å². The van der Waals surface area contributed by atoms with E-state index in [0.717, 1.165) is 29.9 Å². The molecule has 0 bridgehead atoms. The zero-order chi connectivity index (χ0) is 56.4. The fourth-order valence-corrected chi connectivity index (χ4v) is 15.6. The molecule has 10 aromatic carbocycles. The first-order valence-corrected chi connectivity index (χ1v) is 30.3. The molecule has 0 aliphatic heterocycles. The van der Waals surface area contributed by atoms with Crippen molar-refractivity contribution in [1.29, 1.82) is 0 Å². The van der Waals surface area contributed by atoms with Crippen LogP contribution in [-0.4, -0.2) is 0 Å². The monoisotopic (exact) mass is 1060 g/mol. The summed E-state index contributed by atoms with van der Waals surface area (Å²) in [6.07, 6.45) is 7.18. The summed E-state index contributed by atoms with van der Waals surface area (Å²) in [6, 6.07) is 75.2. The molecule has 1 nitrogen and oxygen atoms in total. The van der Waals surface area contributed by atoms with Gasteiger partial charge in [0.15, 0.2) is 0 Å². The smallest absolute Gasteiger partial charge is 0.0461 e. The molecule has 0 saturated carbocycles. The molecule has 0 fully saturated rings. The van der Waals surface area contributed by atoms with Gasteiger partial charge in [0.25, 0.3) is 0 Å². The predicted molar refractivity (Wildman–Crippen MR) is 346 cm³/mol. The Bertz CT molecular complexity index is 3980. The van der Waals surface area contributed by atoms with Crippen LogP contribution in [0.25, 0.3) is 32.7 Å². The number of anilines is 3. The van der Waals surface area contributed by atoms with Gasteiger partial charge >= 0.3 is 0 Å². The van der Waals surface area contributed by atoms with E-state index in [-0.39, 0.29) is 33.0 Å². The van der Waals surface area contributed by atoms with Crippen molar-refractivity contribution in [3.63, 3.8) is 0 Å². The van der Waals surface area contributed by atoms with Crippen LogP contribution in [0.1, 0.15) is 184 Å². The molecule has 3 aliphatic carbocycles. The molecule has 2 atom stereocenters. The van der Waals surface area contributed by atoms with Gasteiger partial charge in [0.2, 0.25) is 0 Å². The lowest BCUT2D eigenvalue weighted by Crippen LogP contribution is -2.36. The maximum absolute atomic E-state index is 2.55. The predicted octanol–water partition coefficient (Wildman–Crippen LogP) is 21.4. The van der Waals surface area contributed by atoms with E-state index in [9.17, 15) is 0 Å². The third kappa shape index (κ3) is 8.62. The maximum Gasteiger partial charge on any atom is 0.0461 e. The molecule has 0 amide bonds. The molecule has 0 heterocycles. The van der Waals surface area contributed by atoms with Gasteiger partial charge < -0.3 is 4.90 Å². The summed E-state index contributed by atoms with van der Waals surface area (Å²) in [5.41, 5.74) is 27.9. The van der Waals surface area contributed by atoms with Crippen LogP contribution in [0, 0.1) is 13.8 Å². The van der Waals surface area contributed by atoms with Crippen molar-refractivity contribution in [2.75, 3.05) is 4.90 Å². The summed E-state index contributed by atoms with van der Waals surface area (Å²) < 4.78 is 0. The number of hydrogen-bond donors (Lipinski definition) is 0. The summed E-state index contributed by atoms with van der Waals surface area (Å²) in [4.78, 5) is 2.45. The van der Waals surface area contributed by atoms with Crippen LogP contribution in [0.15, 0.2) is 194 Å². The molecule has 3 aliphatic rings. The second-order valence-corrected chi connectivity index (χ2v) is 27.6. The van der Waals surface area contributed by atoms with Crippen molar-refractivity contribution in [3.8, 4) is 11.1 Å². The van der Waals surface area contributed by atoms with E-state index in [1.165, 1.54) is 120 Å². The first-order chi connectivity index (χ1) is 38.8. The van der Waals surface area contributed by atoms with E-state index in [0.29, 0.717) is 0 Å². The van der Waals surface area contributed by atoms with Gasteiger partial charge in [-0.3, -0.25) is 0 Å². The molecule has 10 aromatic rings. The number of nitrogens with zero attached hydrogens (tertiary/aromatic N) is 1. The minimum Gasteiger partial charge on any atom is -0.311 e. The van der Waals surface area contributed by atoms with Gasteiger partial charge in [0.1, 0.15) is 0 Å². The molecule has 81 heavy (non-hydrogen) atoms. The van der Waals surface area contributed by atoms with Gasteiger partial charge in [-0.25, -0.2) is 0 Å². The van der Waals surface area contributed by atoms with Crippen molar-refractivity contribution >= 4 is 38.6 Å². The highest BCUT2D eigenvalue weighted by Gasteiger charge is 2.51. The van der Waals surface area contributed by atoms with Crippen LogP contribution < -0.4 is 4.90 Å². The molecule has 0 N–H and O–H groups in total. The van der Waals surface area contributed by atoms with Gasteiger partial charge in [-0.15, -0.1) is 0 Å². The number of rotatable bonds is 10. The van der Waals surface area contributed by atoms with Crippen LogP contribution >= 0.6 is 0 Å². The first-order valence-electron chi connectivity index (χ1n) is 30.3. The van der Waals surface area contributed by atoms with E-state index in [2.05, 4.69) is 282 Å². The quantitative estimate of drug-likeness (QED) is 0.0975. The van der Waals surface area contributed by atoms with E-state index < -0.39 is 0 Å². The lowest BCUT2D eigenvalue weighted by molar-refractivity contribution is 0.372. The number of aryl methyl sites for hydroxylation is 2. The lowest BCUT2D eigenvalue weighted by Gasteiger charge is -2.44. The normalized spacial score (nSPS) is 16.3. The summed E-state index contributed by atoms with van der Waals surface area (Å²) >= 11 is 0. The van der Waals surface area contributed by atoms with Crippen molar-refractivity contribution in [2.45, 2.75) is 155 Å². The SMILES string of the molecule is Cc1ccc(C(c2ccc(N(c3ccc(C(C)(C)C)cc3)c3ccc(C(C)(C)c4ccc5c6c4CCCC64CCCc6c(C(C)(C)c7c8ccccc8c(C)c8ccccc78)ccc-5c64)cc3)cc2)c2ccc(C(C)(C)C)cc2)cc1. The zero-order valence-electron chi connectivity index (χ0n) is 50.2. The molecule has 0 radical (unpaired) electrons. The number of benzene rings is 10. The Morgan fingerprint density at radius 3 is 1.20 bits per heavy atom. The van der Waals surface area contributed by atoms with Crippen molar-refractivity contribution in [3.05, 3.63) is 278 Å². The van der Waals surface area contributed by atoms with E-state index in [4.69, 9.17) is 0 Å². The Kier molecular flexibility index (Phi) is 12.6. The van der Waals surface area contributed by atoms with E-state index in [1.807, 2.05) is 0 Å². The highest BCUT2D eigenvalue weighted by Crippen LogP contribution is 2.63. The van der Waals surface area contributed by atoms with Gasteiger partial charge in [-0.2, -0.15) is 0 Å². The Labute approximate surface area is 484 Å². The standard InChI is InChI=1S/C80H81N/c1-51-25-27-53(28-26-51)72(54-29-33-56(34-30-54)76(3,4)5)55-31-39-59(40-32-55)81(60-41-35-57(36-42-60)77(6,7)8)61-43-37-58(38-44-61)78(9,10)70-47-45-66-67-46-48-71(69-24-18-50-80(75(67)69)49-17-23-68(70)74(66)80)79(11,12)73-64-21-15-13-19-62(64)52(2)63-20-14-16-22-65(63)73/h13-16,19-22,25-48,72H,17-18,23-24,49-50H2,1-12H3. The summed E-state index contributed by atoms with van der Waals surface area (Å²) in [6.45, 7) is 28.3. The molecular formula is C80H81N. The third-order valence-electron chi connectivity index (χ3n) is 20.0. The van der Waals surface area contributed by atoms with Crippen molar-refractivity contribution in [2.24, 2.45) is 0 Å². The van der Waals surface area contributed by atoms with Crippen LogP contribution in [0.2, 0.25) is 0 Å². The topological polar surface area (TPSA) is 3.24 Å².